The lowest BCUT2D eigenvalue weighted by Gasteiger charge is -2.30. The molecule has 0 aromatic carbocycles. The molecule has 95 heavy (non-hydrogen) atoms. The highest BCUT2D eigenvalue weighted by Gasteiger charge is 2.57. The first-order valence-electron chi connectivity index (χ1n) is 31.2. The van der Waals surface area contributed by atoms with E-state index in [0.717, 1.165) is 41.0 Å². The molecular weight excluding hydrogens is 1270 g/mol. The molecule has 0 unspecified atom stereocenters. The van der Waals surface area contributed by atoms with E-state index in [0.29, 0.717) is 44.8 Å². The Hall–Kier alpha value is -7.82. The highest BCUT2D eigenvalue weighted by Crippen LogP contribution is 2.49. The molecule has 5 aliphatic rings. The van der Waals surface area contributed by atoms with E-state index in [-0.39, 0.29) is 19.1 Å². The number of aldehydes is 1. The van der Waals surface area contributed by atoms with Gasteiger partial charge in [-0.05, 0) is 38.5 Å². The Balaban J connectivity index is 0.000000188. The maximum atomic E-state index is 14.4. The van der Waals surface area contributed by atoms with Crippen molar-refractivity contribution in [1.82, 2.24) is 47.8 Å². The Labute approximate surface area is 538 Å². The van der Waals surface area contributed by atoms with Gasteiger partial charge in [0.15, 0.2) is 68.3 Å². The molecule has 0 saturated carbocycles. The molecule has 526 valence electrons. The minimum atomic E-state index is -1.51. The monoisotopic (exact) mass is 1350 g/mol. The van der Waals surface area contributed by atoms with E-state index in [4.69, 9.17) is 23.7 Å². The molecule has 10 rings (SSSR count). The molecule has 7 N–H and O–H groups in total. The van der Waals surface area contributed by atoms with E-state index in [1.165, 1.54) is 43.1 Å². The Morgan fingerprint density at radius 3 is 0.789 bits per heavy atom. The molecule has 5 saturated heterocycles. The Bertz CT molecular complexity index is 3730. The number of halogens is 5. The summed E-state index contributed by atoms with van der Waals surface area (Å²) < 4.78 is 105. The molecule has 0 spiro atoms. The first kappa shape index (κ1) is 76.2. The van der Waals surface area contributed by atoms with Gasteiger partial charge in [-0.1, -0.05) is 82.2 Å². The minimum Gasteiger partial charge on any atom is -0.393 e. The molecule has 28 nitrogen and oxygen atoms in total. The molecule has 0 bridgehead atoms. The first-order valence-corrected chi connectivity index (χ1v) is 31.2. The van der Waals surface area contributed by atoms with Crippen LogP contribution in [0.25, 0.3) is 0 Å². The van der Waals surface area contributed by atoms with Crippen molar-refractivity contribution in [2.75, 3.05) is 13.2 Å². The number of alkyl halides is 5. The van der Waals surface area contributed by atoms with Crippen LogP contribution >= 0.6 is 0 Å². The number of hydrogen-bond donors (Lipinski definition) is 7. The van der Waals surface area contributed by atoms with Gasteiger partial charge in [-0.3, -0.25) is 71.7 Å². The SMILES string of the molecule is C=C[C@]1(CC)O[C@@H](n2ccc(=O)[nH]c2=O)[C@@H](F)[C@@H]1C.CCC1(CC)O[C@@H](n2ccc(=O)[nH]c2=O)[C@@H](F)[C@@H]1C.CC[C@@]1(C=O)O[C@@H](n2ccc(=O)[nH]c2=O)[C@@H](F)[C@@H]1C.CC[C@@]1(CO)O[C@@H](n2ccc(=O)[nH]c2=O)[C@@H](F)[C@@H]1C.CC[C@]1(CO)O[C@@H](n2ccc(=O)[nH]c2=O)[C@@H](F)[C@@H]1C. The fourth-order valence-electron chi connectivity index (χ4n) is 12.7. The van der Waals surface area contributed by atoms with Crippen molar-refractivity contribution < 1.29 is 60.6 Å². The van der Waals surface area contributed by atoms with Crippen molar-refractivity contribution in [3.63, 3.8) is 0 Å². The van der Waals surface area contributed by atoms with Crippen LogP contribution < -0.4 is 56.2 Å². The lowest BCUT2D eigenvalue weighted by molar-refractivity contribution is -0.139. The highest BCUT2D eigenvalue weighted by molar-refractivity contribution is 5.64. The molecule has 0 aliphatic carbocycles. The van der Waals surface area contributed by atoms with Crippen molar-refractivity contribution >= 4 is 6.29 Å². The van der Waals surface area contributed by atoms with Gasteiger partial charge >= 0.3 is 28.4 Å². The lowest BCUT2D eigenvalue weighted by atomic mass is 9.83. The van der Waals surface area contributed by atoms with Crippen LogP contribution in [0.4, 0.5) is 22.0 Å². The molecule has 10 heterocycles. The second kappa shape index (κ2) is 30.9. The summed E-state index contributed by atoms with van der Waals surface area (Å²) in [6.45, 7) is 22.5. The number of aromatic amines is 5. The number of hydrogen-bond acceptors (Lipinski definition) is 18. The van der Waals surface area contributed by atoms with Crippen LogP contribution in [-0.2, 0) is 28.5 Å². The number of aromatic nitrogens is 10. The van der Waals surface area contributed by atoms with Gasteiger partial charge in [-0.2, -0.15) is 0 Å². The van der Waals surface area contributed by atoms with Gasteiger partial charge in [0.1, 0.15) is 5.60 Å². The summed E-state index contributed by atoms with van der Waals surface area (Å²) in [6, 6.07) is 5.73. The molecule has 5 aromatic rings. The van der Waals surface area contributed by atoms with Crippen LogP contribution in [0.15, 0.2) is 122 Å². The number of nitrogens with one attached hydrogen (secondary N) is 5. The number of H-pyrrole nitrogens is 5. The van der Waals surface area contributed by atoms with Crippen LogP contribution in [0.5, 0.6) is 0 Å². The van der Waals surface area contributed by atoms with Crippen LogP contribution in [0.3, 0.4) is 0 Å². The van der Waals surface area contributed by atoms with E-state index >= 15 is 0 Å². The minimum absolute atomic E-state index is 0.300. The molecule has 5 aromatic heterocycles. The summed E-state index contributed by atoms with van der Waals surface area (Å²) in [5.74, 6) is -2.48. The van der Waals surface area contributed by atoms with Crippen LogP contribution in [0, 0.1) is 29.6 Å². The van der Waals surface area contributed by atoms with Crippen molar-refractivity contribution in [2.45, 2.75) is 205 Å². The van der Waals surface area contributed by atoms with Crippen LogP contribution in [0.2, 0.25) is 0 Å². The van der Waals surface area contributed by atoms with E-state index < -0.39 is 170 Å². The summed E-state index contributed by atoms with van der Waals surface area (Å²) in [4.78, 5) is 135. The zero-order valence-electron chi connectivity index (χ0n) is 54.5. The van der Waals surface area contributed by atoms with Crippen molar-refractivity contribution in [3.05, 3.63) is 178 Å². The van der Waals surface area contributed by atoms with Gasteiger partial charge in [0, 0.05) is 90.9 Å². The number of aliphatic hydroxyl groups excluding tert-OH is 2. The van der Waals surface area contributed by atoms with Crippen molar-refractivity contribution in [1.29, 1.82) is 0 Å². The summed E-state index contributed by atoms with van der Waals surface area (Å²) in [5, 5.41) is 18.9. The van der Waals surface area contributed by atoms with Crippen LogP contribution in [0.1, 0.15) is 146 Å². The zero-order valence-corrected chi connectivity index (χ0v) is 54.5. The summed E-state index contributed by atoms with van der Waals surface area (Å²) in [6.07, 6.45) is -1.11. The maximum Gasteiger partial charge on any atom is 0.330 e. The molecular formula is C62H85F5N10O18. The topological polar surface area (TPSA) is 378 Å². The third-order valence-corrected chi connectivity index (χ3v) is 19.7. The van der Waals surface area contributed by atoms with Crippen molar-refractivity contribution in [3.8, 4) is 0 Å². The third-order valence-electron chi connectivity index (χ3n) is 19.7. The molecule has 0 amide bonds. The number of nitrogens with zero attached hydrogens (tertiary/aromatic N) is 5. The Morgan fingerprint density at radius 1 is 0.389 bits per heavy atom. The second-order valence-electron chi connectivity index (χ2n) is 24.2. The zero-order chi connectivity index (χ0) is 71.0. The molecule has 5 fully saturated rings. The maximum absolute atomic E-state index is 14.4. The Kier molecular flexibility index (Phi) is 24.8. The number of carbonyl (C=O) groups is 1. The smallest absolute Gasteiger partial charge is 0.330 e. The van der Waals surface area contributed by atoms with Gasteiger partial charge in [-0.15, -0.1) is 6.58 Å². The number of aliphatic hydroxyl groups is 2. The number of ether oxygens (including phenoxy) is 5. The fourth-order valence-corrected chi connectivity index (χ4v) is 12.7. The van der Waals surface area contributed by atoms with Gasteiger partial charge < -0.3 is 38.7 Å². The van der Waals surface area contributed by atoms with E-state index in [9.17, 15) is 84.9 Å². The molecule has 19 atom stereocenters. The van der Waals surface area contributed by atoms with Gasteiger partial charge in [-0.25, -0.2) is 45.9 Å². The van der Waals surface area contributed by atoms with Gasteiger partial charge in [0.25, 0.3) is 27.8 Å². The standard InChI is InChI=1S/C13H19FN2O3.C13H17FN2O3.2C12H17FN2O4.C12H15FN2O4/c2*1-4-13(5-2)8(3)10(14)11(19-13)16-7-6-9(17)15-12(16)18;3*1-3-12(6-16)7(2)9(13)10(19-12)15-5-4-8(17)14-11(15)18/h6-8,10-11H,4-5H2,1-3H3,(H,15,17,18);4,6-8,10-11H,1,5H2,2-3H3,(H,15,17,18);2*4-5,7,9-10,16H,3,6H2,1-2H3,(H,14,17,18);4-7,9-10H,3H2,1-2H3,(H,14,17,18)/t8-,10-,11+;8-,10-,11+,13+;7-,9-,10+,12+;2*7-,9-,10+,12-/m00000/s1. The number of rotatable bonds is 15. The second-order valence-corrected chi connectivity index (χ2v) is 24.2. The average molecular weight is 1350 g/mol. The lowest BCUT2D eigenvalue weighted by Crippen LogP contribution is -2.39. The number of carbonyl (C=O) groups excluding carboxylic acids is 1. The normalized spacial score (nSPS) is 33.5. The third kappa shape index (κ3) is 14.9. The quantitative estimate of drug-likeness (QED) is 0.0446. The van der Waals surface area contributed by atoms with Gasteiger partial charge in [0.05, 0.1) is 35.6 Å². The van der Waals surface area contributed by atoms with Gasteiger partial charge in [0.2, 0.25) is 0 Å². The summed E-state index contributed by atoms with van der Waals surface area (Å²) >= 11 is 0. The largest absolute Gasteiger partial charge is 0.393 e. The fraction of sp³-hybridized carbons (Fsp3) is 0.629. The predicted molar refractivity (Wildman–Crippen MR) is 333 cm³/mol. The summed E-state index contributed by atoms with van der Waals surface area (Å²) in [5.41, 5.74) is -10.8. The molecule has 0 radical (unpaired) electrons. The summed E-state index contributed by atoms with van der Waals surface area (Å²) in [7, 11) is 0. The van der Waals surface area contributed by atoms with E-state index in [2.05, 4.69) is 26.5 Å². The van der Waals surface area contributed by atoms with E-state index in [1.54, 1.807) is 61.5 Å². The molecule has 33 heteroatoms. The molecule has 5 aliphatic heterocycles. The first-order chi connectivity index (χ1) is 44.7. The van der Waals surface area contributed by atoms with Crippen molar-refractivity contribution in [2.24, 2.45) is 29.6 Å². The van der Waals surface area contributed by atoms with E-state index in [1.807, 2.05) is 25.8 Å². The Morgan fingerprint density at radius 2 is 0.611 bits per heavy atom. The highest BCUT2D eigenvalue weighted by atomic mass is 19.2. The van der Waals surface area contributed by atoms with Crippen LogP contribution in [-0.4, -0.2) is 136 Å². The average Bonchev–Trinajstić information content (AvgIpc) is 1.66. The predicted octanol–water partition coefficient (Wildman–Crippen LogP) is 3.72.